The van der Waals surface area contributed by atoms with Gasteiger partial charge in [0, 0.05) is 17.8 Å². The summed E-state index contributed by atoms with van der Waals surface area (Å²) in [6.07, 6.45) is 6.84. The quantitative estimate of drug-likeness (QED) is 0.363. The maximum absolute atomic E-state index is 14.4. The summed E-state index contributed by atoms with van der Waals surface area (Å²) in [6.45, 7) is 3.37. The second kappa shape index (κ2) is 8.83. The molecule has 3 aliphatic rings. The fraction of sp³-hybridized carbons (Fsp3) is 0.393. The first kappa shape index (κ1) is 24.7. The SMILES string of the molecule is CC1(C)C(=O)Nc2nc(-c3nn(Cc4ncccc4F)c4ncc(F)cc34)nc(C(=O)NC(C3CC3)C3CC3)c21. The summed E-state index contributed by atoms with van der Waals surface area (Å²) in [5.41, 5.74) is -0.00993. The van der Waals surface area contributed by atoms with E-state index in [0.717, 1.165) is 31.9 Å². The maximum atomic E-state index is 14.4. The fourth-order valence-corrected chi connectivity index (χ4v) is 5.53. The van der Waals surface area contributed by atoms with Crippen LogP contribution >= 0.6 is 0 Å². The van der Waals surface area contributed by atoms with E-state index in [1.54, 1.807) is 13.8 Å². The van der Waals surface area contributed by atoms with Crippen molar-refractivity contribution in [2.75, 3.05) is 5.32 Å². The third kappa shape index (κ3) is 4.09. The van der Waals surface area contributed by atoms with Crippen LogP contribution in [0.5, 0.6) is 0 Å². The zero-order valence-corrected chi connectivity index (χ0v) is 21.9. The molecule has 0 bridgehead atoms. The molecule has 2 N–H and O–H groups in total. The fourth-order valence-electron chi connectivity index (χ4n) is 5.53. The lowest BCUT2D eigenvalue weighted by atomic mass is 9.85. The number of nitrogens with one attached hydrogen (secondary N) is 2. The standard InChI is InChI=1S/C28H26F2N8O2/c1-28(2)19-22(26(39)34-20(13-5-6-13)14-7-8-14)33-24(35-23(19)36-27(28)40)21-16-10-15(29)11-32-25(16)38(37-21)12-18-17(30)4-3-9-31-18/h3-4,9-11,13-14,20H,5-8,12H2,1-2H3,(H,34,39)(H,33,35,36,40). The molecule has 0 unspecified atom stereocenters. The van der Waals surface area contributed by atoms with Gasteiger partial charge in [0.15, 0.2) is 11.5 Å². The average molecular weight is 545 g/mol. The summed E-state index contributed by atoms with van der Waals surface area (Å²) in [6, 6.07) is 4.08. The van der Waals surface area contributed by atoms with Gasteiger partial charge in [0.2, 0.25) is 5.91 Å². The Kier molecular flexibility index (Phi) is 5.45. The Labute approximate surface area is 227 Å². The van der Waals surface area contributed by atoms with Gasteiger partial charge in [-0.15, -0.1) is 0 Å². The molecule has 2 saturated carbocycles. The molecule has 10 nitrogen and oxygen atoms in total. The molecule has 2 amide bonds. The Morgan fingerprint density at radius 1 is 1.18 bits per heavy atom. The van der Waals surface area contributed by atoms with Crippen molar-refractivity contribution in [3.8, 4) is 11.5 Å². The van der Waals surface area contributed by atoms with E-state index in [1.165, 1.54) is 29.1 Å². The van der Waals surface area contributed by atoms with E-state index in [1.807, 2.05) is 0 Å². The lowest BCUT2D eigenvalue weighted by Crippen LogP contribution is -2.40. The summed E-state index contributed by atoms with van der Waals surface area (Å²) in [5.74, 6) is -0.666. The summed E-state index contributed by atoms with van der Waals surface area (Å²) >= 11 is 0. The molecule has 204 valence electrons. The minimum Gasteiger partial charge on any atom is -0.347 e. The number of carbonyl (C=O) groups excluding carboxylic acids is 2. The first-order chi connectivity index (χ1) is 19.2. The smallest absolute Gasteiger partial charge is 0.270 e. The number of amides is 2. The number of aromatic nitrogens is 6. The highest BCUT2D eigenvalue weighted by molar-refractivity contribution is 6.09. The van der Waals surface area contributed by atoms with Gasteiger partial charge < -0.3 is 10.6 Å². The normalized spacial score (nSPS) is 17.8. The van der Waals surface area contributed by atoms with Gasteiger partial charge in [-0.05, 0) is 69.6 Å². The highest BCUT2D eigenvalue weighted by Gasteiger charge is 2.46. The maximum Gasteiger partial charge on any atom is 0.270 e. The number of halogens is 2. The highest BCUT2D eigenvalue weighted by atomic mass is 19.1. The molecule has 5 heterocycles. The minimum absolute atomic E-state index is 0.0222. The largest absolute Gasteiger partial charge is 0.347 e. The molecule has 0 spiro atoms. The van der Waals surface area contributed by atoms with Crippen LogP contribution in [-0.2, 0) is 16.8 Å². The van der Waals surface area contributed by atoms with Crippen LogP contribution in [0, 0.1) is 23.5 Å². The Morgan fingerprint density at radius 3 is 2.62 bits per heavy atom. The zero-order chi connectivity index (χ0) is 27.8. The predicted molar refractivity (Wildman–Crippen MR) is 140 cm³/mol. The molecule has 0 radical (unpaired) electrons. The second-order valence-electron chi connectivity index (χ2n) is 11.3. The van der Waals surface area contributed by atoms with E-state index in [0.29, 0.717) is 17.4 Å². The third-order valence-corrected chi connectivity index (χ3v) is 8.01. The lowest BCUT2D eigenvalue weighted by molar-refractivity contribution is -0.119. The van der Waals surface area contributed by atoms with Gasteiger partial charge in [-0.25, -0.2) is 28.4 Å². The van der Waals surface area contributed by atoms with Gasteiger partial charge in [-0.3, -0.25) is 14.6 Å². The number of anilines is 1. The van der Waals surface area contributed by atoms with Crippen molar-refractivity contribution >= 4 is 28.7 Å². The van der Waals surface area contributed by atoms with Crippen molar-refractivity contribution in [1.82, 2.24) is 35.0 Å². The van der Waals surface area contributed by atoms with Gasteiger partial charge in [0.1, 0.15) is 28.8 Å². The second-order valence-corrected chi connectivity index (χ2v) is 11.3. The molecule has 2 fully saturated rings. The Morgan fingerprint density at radius 2 is 1.93 bits per heavy atom. The summed E-state index contributed by atoms with van der Waals surface area (Å²) in [4.78, 5) is 44.1. The molecular formula is C28H26F2N8O2. The van der Waals surface area contributed by atoms with E-state index in [2.05, 4.69) is 35.7 Å². The van der Waals surface area contributed by atoms with Crippen LogP contribution < -0.4 is 10.6 Å². The molecule has 4 aromatic rings. The predicted octanol–water partition coefficient (Wildman–Crippen LogP) is 3.76. The number of pyridine rings is 2. The van der Waals surface area contributed by atoms with Crippen LogP contribution in [-0.4, -0.2) is 47.6 Å². The van der Waals surface area contributed by atoms with Crippen molar-refractivity contribution < 1.29 is 18.4 Å². The van der Waals surface area contributed by atoms with E-state index >= 15 is 0 Å². The molecule has 7 rings (SSSR count). The van der Waals surface area contributed by atoms with Crippen molar-refractivity contribution in [1.29, 1.82) is 0 Å². The molecule has 2 aliphatic carbocycles. The van der Waals surface area contributed by atoms with Crippen molar-refractivity contribution in [2.24, 2.45) is 11.8 Å². The zero-order valence-electron chi connectivity index (χ0n) is 21.9. The van der Waals surface area contributed by atoms with E-state index < -0.39 is 17.0 Å². The minimum atomic E-state index is -1.04. The summed E-state index contributed by atoms with van der Waals surface area (Å²) in [5, 5.41) is 10.8. The Balaban J connectivity index is 1.36. The number of carbonyl (C=O) groups is 2. The topological polar surface area (TPSA) is 128 Å². The number of hydrogen-bond donors (Lipinski definition) is 2. The molecule has 0 saturated heterocycles. The van der Waals surface area contributed by atoms with Gasteiger partial charge >= 0.3 is 0 Å². The highest BCUT2D eigenvalue weighted by Crippen LogP contribution is 2.45. The Bertz CT molecular complexity index is 1700. The van der Waals surface area contributed by atoms with Crippen molar-refractivity contribution in [2.45, 2.75) is 57.5 Å². The van der Waals surface area contributed by atoms with Gasteiger partial charge in [-0.2, -0.15) is 5.10 Å². The molecule has 1 aliphatic heterocycles. The molecule has 12 heteroatoms. The van der Waals surface area contributed by atoms with Gasteiger partial charge in [-0.1, -0.05) is 0 Å². The van der Waals surface area contributed by atoms with E-state index in [9.17, 15) is 18.4 Å². The van der Waals surface area contributed by atoms with Crippen LogP contribution in [0.15, 0.2) is 30.6 Å². The van der Waals surface area contributed by atoms with Crippen LogP contribution in [0.25, 0.3) is 22.6 Å². The third-order valence-electron chi connectivity index (χ3n) is 8.01. The first-order valence-electron chi connectivity index (χ1n) is 13.4. The Hall–Kier alpha value is -4.35. The number of fused-ring (bicyclic) bond motifs is 2. The van der Waals surface area contributed by atoms with Crippen LogP contribution in [0.2, 0.25) is 0 Å². The molecular weight excluding hydrogens is 518 g/mol. The van der Waals surface area contributed by atoms with E-state index in [4.69, 9.17) is 0 Å². The lowest BCUT2D eigenvalue weighted by Gasteiger charge is -2.21. The average Bonchev–Trinajstić information content (AvgIpc) is 3.85. The van der Waals surface area contributed by atoms with Crippen LogP contribution in [0.1, 0.15) is 61.3 Å². The van der Waals surface area contributed by atoms with E-state index in [-0.39, 0.29) is 64.2 Å². The van der Waals surface area contributed by atoms with Gasteiger partial charge in [0.05, 0.1) is 29.2 Å². The first-order valence-corrected chi connectivity index (χ1v) is 13.4. The molecule has 0 aromatic carbocycles. The van der Waals surface area contributed by atoms with Gasteiger partial charge in [0.25, 0.3) is 5.91 Å². The van der Waals surface area contributed by atoms with Crippen LogP contribution in [0.3, 0.4) is 0 Å². The number of hydrogen-bond acceptors (Lipinski definition) is 7. The summed E-state index contributed by atoms with van der Waals surface area (Å²) < 4.78 is 30.2. The number of rotatable bonds is 7. The molecule has 0 atom stereocenters. The van der Waals surface area contributed by atoms with Crippen molar-refractivity contribution in [3.63, 3.8) is 0 Å². The van der Waals surface area contributed by atoms with Crippen molar-refractivity contribution in [3.05, 3.63) is 59.2 Å². The van der Waals surface area contributed by atoms with Crippen LogP contribution in [0.4, 0.5) is 14.6 Å². The monoisotopic (exact) mass is 544 g/mol. The molecule has 4 aromatic heterocycles. The summed E-state index contributed by atoms with van der Waals surface area (Å²) in [7, 11) is 0. The molecule has 40 heavy (non-hydrogen) atoms. The number of nitrogens with zero attached hydrogens (tertiary/aromatic N) is 6.